The zero-order valence-corrected chi connectivity index (χ0v) is 19.6. The molecule has 0 N–H and O–H groups in total. The smallest absolute Gasteiger partial charge is 0.236 e. The molecule has 2 aromatic carbocycles. The van der Waals surface area contributed by atoms with Gasteiger partial charge in [0.05, 0.1) is 13.7 Å². The van der Waals surface area contributed by atoms with E-state index in [1.807, 2.05) is 4.90 Å². The number of carbonyl (C=O) groups is 1. The van der Waals surface area contributed by atoms with Crippen molar-refractivity contribution in [1.82, 2.24) is 19.6 Å². The summed E-state index contributed by atoms with van der Waals surface area (Å²) >= 11 is 0. The molecule has 2 aromatic rings. The third-order valence-electron chi connectivity index (χ3n) is 6.75. The molecular formula is C26H35FN4O2. The SMILES string of the molecule is COc1cc(F)ccc1CN1CCN(C(=O)CN2CCN(CCc3ccccc3)CC2)CC1. The summed E-state index contributed by atoms with van der Waals surface area (Å²) < 4.78 is 18.7. The highest BCUT2D eigenvalue weighted by atomic mass is 19.1. The first kappa shape index (κ1) is 23.7. The van der Waals surface area contributed by atoms with Gasteiger partial charge in [-0.05, 0) is 18.1 Å². The number of amides is 1. The van der Waals surface area contributed by atoms with Crippen LogP contribution in [0.4, 0.5) is 4.39 Å². The molecular weight excluding hydrogens is 419 g/mol. The number of hydrogen-bond donors (Lipinski definition) is 0. The molecule has 2 heterocycles. The van der Waals surface area contributed by atoms with Gasteiger partial charge in [0.25, 0.3) is 0 Å². The molecule has 0 aromatic heterocycles. The molecule has 0 radical (unpaired) electrons. The van der Waals surface area contributed by atoms with Crippen molar-refractivity contribution in [3.05, 3.63) is 65.5 Å². The quantitative estimate of drug-likeness (QED) is 0.612. The Morgan fingerprint density at radius 1 is 0.879 bits per heavy atom. The van der Waals surface area contributed by atoms with Gasteiger partial charge >= 0.3 is 0 Å². The maximum atomic E-state index is 13.4. The van der Waals surface area contributed by atoms with E-state index in [9.17, 15) is 9.18 Å². The van der Waals surface area contributed by atoms with Crippen LogP contribution in [0, 0.1) is 5.82 Å². The third kappa shape index (κ3) is 6.76. The Kier molecular flexibility index (Phi) is 8.31. The molecule has 6 nitrogen and oxygen atoms in total. The number of methoxy groups -OCH3 is 1. The molecule has 0 aliphatic carbocycles. The lowest BCUT2D eigenvalue weighted by Crippen LogP contribution is -2.53. The van der Waals surface area contributed by atoms with Crippen LogP contribution in [0.15, 0.2) is 48.5 Å². The number of benzene rings is 2. The molecule has 2 saturated heterocycles. The summed E-state index contributed by atoms with van der Waals surface area (Å²) in [4.78, 5) is 21.9. The highest BCUT2D eigenvalue weighted by molar-refractivity contribution is 5.78. The van der Waals surface area contributed by atoms with Gasteiger partial charge in [0.2, 0.25) is 5.91 Å². The van der Waals surface area contributed by atoms with Gasteiger partial charge < -0.3 is 14.5 Å². The van der Waals surface area contributed by atoms with E-state index in [-0.39, 0.29) is 11.7 Å². The van der Waals surface area contributed by atoms with Crippen molar-refractivity contribution in [2.45, 2.75) is 13.0 Å². The van der Waals surface area contributed by atoms with E-state index >= 15 is 0 Å². The number of halogens is 1. The van der Waals surface area contributed by atoms with Crippen LogP contribution in [0.5, 0.6) is 5.75 Å². The van der Waals surface area contributed by atoms with E-state index in [4.69, 9.17) is 4.74 Å². The molecule has 2 aliphatic rings. The summed E-state index contributed by atoms with van der Waals surface area (Å²) in [6, 6.07) is 15.3. The minimum atomic E-state index is -0.289. The Morgan fingerprint density at radius 3 is 2.24 bits per heavy atom. The normalized spacial score (nSPS) is 18.4. The van der Waals surface area contributed by atoms with Crippen LogP contribution in [0.3, 0.4) is 0 Å². The minimum Gasteiger partial charge on any atom is -0.496 e. The van der Waals surface area contributed by atoms with Crippen molar-refractivity contribution in [2.24, 2.45) is 0 Å². The number of hydrogen-bond acceptors (Lipinski definition) is 5. The molecule has 0 saturated carbocycles. The highest BCUT2D eigenvalue weighted by Gasteiger charge is 2.25. The van der Waals surface area contributed by atoms with Gasteiger partial charge in [0.1, 0.15) is 11.6 Å². The van der Waals surface area contributed by atoms with Crippen molar-refractivity contribution in [3.8, 4) is 5.75 Å². The number of nitrogens with zero attached hydrogens (tertiary/aromatic N) is 4. The summed E-state index contributed by atoms with van der Waals surface area (Å²) in [5.74, 6) is 0.520. The average Bonchev–Trinajstić information content (AvgIpc) is 2.85. The Morgan fingerprint density at radius 2 is 1.55 bits per heavy atom. The monoisotopic (exact) mass is 454 g/mol. The van der Waals surface area contributed by atoms with Gasteiger partial charge in [0.15, 0.2) is 0 Å². The van der Waals surface area contributed by atoms with Crippen LogP contribution in [0.1, 0.15) is 11.1 Å². The predicted octanol–water partition coefficient (Wildman–Crippen LogP) is 2.34. The van der Waals surface area contributed by atoms with Crippen molar-refractivity contribution >= 4 is 5.91 Å². The van der Waals surface area contributed by atoms with Crippen molar-refractivity contribution in [3.63, 3.8) is 0 Å². The molecule has 7 heteroatoms. The van der Waals surface area contributed by atoms with E-state index in [1.54, 1.807) is 13.2 Å². The molecule has 1 amide bonds. The summed E-state index contributed by atoms with van der Waals surface area (Å²) in [6.45, 7) is 9.34. The zero-order valence-electron chi connectivity index (χ0n) is 19.6. The van der Waals surface area contributed by atoms with Crippen LogP contribution in [-0.2, 0) is 17.8 Å². The molecule has 0 unspecified atom stereocenters. The molecule has 2 fully saturated rings. The topological polar surface area (TPSA) is 39.3 Å². The maximum Gasteiger partial charge on any atom is 0.236 e. The molecule has 0 bridgehead atoms. The lowest BCUT2D eigenvalue weighted by Gasteiger charge is -2.38. The Balaban J connectivity index is 1.16. The second-order valence-electron chi connectivity index (χ2n) is 8.97. The number of piperazine rings is 2. The van der Waals surface area contributed by atoms with Gasteiger partial charge in [0, 0.05) is 77.1 Å². The van der Waals surface area contributed by atoms with Gasteiger partial charge in [-0.2, -0.15) is 0 Å². The van der Waals surface area contributed by atoms with Crippen molar-refractivity contribution < 1.29 is 13.9 Å². The minimum absolute atomic E-state index is 0.228. The Hall–Kier alpha value is -2.48. The first-order valence-corrected chi connectivity index (χ1v) is 11.9. The van der Waals surface area contributed by atoms with Gasteiger partial charge in [-0.3, -0.25) is 14.6 Å². The number of carbonyl (C=O) groups excluding carboxylic acids is 1. The summed E-state index contributed by atoms with van der Waals surface area (Å²) in [7, 11) is 1.57. The van der Waals surface area contributed by atoms with Crippen LogP contribution in [0.2, 0.25) is 0 Å². The standard InChI is InChI=1S/C26H35FN4O2/c1-33-25-19-24(27)8-7-23(25)20-29-15-17-31(18-16-29)26(32)21-30-13-11-28(12-14-30)10-9-22-5-3-2-4-6-22/h2-8,19H,9-18,20-21H2,1H3. The zero-order chi connectivity index (χ0) is 23.0. The lowest BCUT2D eigenvalue weighted by atomic mass is 10.1. The summed E-state index contributed by atoms with van der Waals surface area (Å²) in [6.07, 6.45) is 1.08. The van der Waals surface area contributed by atoms with Gasteiger partial charge in [-0.1, -0.05) is 36.4 Å². The summed E-state index contributed by atoms with van der Waals surface area (Å²) in [5.41, 5.74) is 2.36. The second-order valence-corrected chi connectivity index (χ2v) is 8.97. The first-order valence-electron chi connectivity index (χ1n) is 11.9. The van der Waals surface area contributed by atoms with E-state index in [0.717, 1.165) is 70.9 Å². The fourth-order valence-corrected chi connectivity index (χ4v) is 4.64. The van der Waals surface area contributed by atoms with Gasteiger partial charge in [-0.25, -0.2) is 4.39 Å². The van der Waals surface area contributed by atoms with E-state index < -0.39 is 0 Å². The molecule has 178 valence electrons. The second kappa shape index (κ2) is 11.6. The highest BCUT2D eigenvalue weighted by Crippen LogP contribution is 2.22. The van der Waals surface area contributed by atoms with E-state index in [1.165, 1.54) is 17.7 Å². The molecule has 33 heavy (non-hydrogen) atoms. The third-order valence-corrected chi connectivity index (χ3v) is 6.75. The van der Waals surface area contributed by atoms with Crippen LogP contribution >= 0.6 is 0 Å². The first-order chi connectivity index (χ1) is 16.1. The fraction of sp³-hybridized carbons (Fsp3) is 0.500. The van der Waals surface area contributed by atoms with Crippen molar-refractivity contribution in [1.29, 1.82) is 0 Å². The number of ether oxygens (including phenoxy) is 1. The Labute approximate surface area is 196 Å². The average molecular weight is 455 g/mol. The number of rotatable bonds is 8. The fourth-order valence-electron chi connectivity index (χ4n) is 4.64. The summed E-state index contributed by atoms with van der Waals surface area (Å²) in [5, 5.41) is 0. The predicted molar refractivity (Wildman–Crippen MR) is 128 cm³/mol. The molecule has 2 aliphatic heterocycles. The largest absolute Gasteiger partial charge is 0.496 e. The van der Waals surface area contributed by atoms with Crippen LogP contribution in [-0.4, -0.2) is 98.1 Å². The maximum absolute atomic E-state index is 13.4. The molecule has 0 atom stereocenters. The molecule has 0 spiro atoms. The van der Waals surface area contributed by atoms with Crippen molar-refractivity contribution in [2.75, 3.05) is 72.6 Å². The van der Waals surface area contributed by atoms with Gasteiger partial charge in [-0.15, -0.1) is 0 Å². The molecule has 4 rings (SSSR count). The van der Waals surface area contributed by atoms with E-state index in [2.05, 4.69) is 45.0 Å². The Bertz CT molecular complexity index is 894. The van der Waals surface area contributed by atoms with E-state index in [0.29, 0.717) is 18.8 Å². The van der Waals surface area contributed by atoms with Crippen LogP contribution in [0.25, 0.3) is 0 Å². The lowest BCUT2D eigenvalue weighted by molar-refractivity contribution is -0.134. The van der Waals surface area contributed by atoms with Crippen LogP contribution < -0.4 is 4.74 Å².